The number of para-hydroxylation sites is 2. The van der Waals surface area contributed by atoms with Gasteiger partial charge in [-0.3, -0.25) is 0 Å². The van der Waals surface area contributed by atoms with Crippen molar-refractivity contribution >= 4 is 22.7 Å². The lowest BCUT2D eigenvalue weighted by molar-refractivity contribution is 0.526. The Hall–Kier alpha value is -5.08. The first-order chi connectivity index (χ1) is 24.7. The van der Waals surface area contributed by atoms with Gasteiger partial charge < -0.3 is 9.80 Å². The van der Waals surface area contributed by atoms with Crippen molar-refractivity contribution in [3.63, 3.8) is 0 Å². The van der Waals surface area contributed by atoms with Gasteiger partial charge in [-0.15, -0.1) is 0 Å². The lowest BCUT2D eigenvalue weighted by Gasteiger charge is -2.37. The van der Waals surface area contributed by atoms with Crippen LogP contribution < -0.4 is 9.80 Å². The van der Waals surface area contributed by atoms with Gasteiger partial charge in [-0.05, 0) is 143 Å². The number of hydrogen-bond acceptors (Lipinski definition) is 2. The maximum Gasteiger partial charge on any atom is 0.0519 e. The van der Waals surface area contributed by atoms with Crippen LogP contribution in [0, 0.1) is 5.92 Å². The lowest BCUT2D eigenvalue weighted by Crippen LogP contribution is -2.35. The molecule has 2 heteroatoms. The van der Waals surface area contributed by atoms with Crippen LogP contribution in [0.3, 0.4) is 0 Å². The normalized spacial score (nSPS) is 20.2. The molecular weight excluding hydrogens is 617 g/mol. The van der Waals surface area contributed by atoms with Crippen LogP contribution in [0.15, 0.2) is 145 Å². The average Bonchev–Trinajstić information content (AvgIpc) is 3.51. The molecule has 0 amide bonds. The molecule has 2 unspecified atom stereocenters. The third-order valence-electron chi connectivity index (χ3n) is 12.2. The van der Waals surface area contributed by atoms with Crippen LogP contribution in [0.2, 0.25) is 0 Å². The topological polar surface area (TPSA) is 6.48 Å². The summed E-state index contributed by atoms with van der Waals surface area (Å²) in [4.78, 5) is 5.03. The molecule has 0 aromatic heterocycles. The standard InChI is InChI=1S/C49H48N2/c1-33-21-23-37(24-22-33)51(36-19-13-8-14-20-36)39-26-28-41-43-32-46-42(31-47(43)49(4,5)45(41)30-39)40-27-25-38(29-44(40)48(46,2)3)50(34-15-9-6-10-16-34)35-17-11-7-12-18-35/h6-13,15-19,21,23,25-33,37H,14,20,22,24H2,1-5H3. The van der Waals surface area contributed by atoms with E-state index in [2.05, 4.69) is 184 Å². The Morgan fingerprint density at radius 3 is 1.63 bits per heavy atom. The minimum atomic E-state index is -0.135. The van der Waals surface area contributed by atoms with Crippen LogP contribution in [-0.2, 0) is 10.8 Å². The molecular formula is C49H48N2. The van der Waals surface area contributed by atoms with E-state index in [1.54, 1.807) is 0 Å². The summed E-state index contributed by atoms with van der Waals surface area (Å²) in [5.41, 5.74) is 17.3. The molecule has 4 aliphatic rings. The smallest absolute Gasteiger partial charge is 0.0519 e. The first-order valence-electron chi connectivity index (χ1n) is 18.9. The van der Waals surface area contributed by atoms with Gasteiger partial charge in [0.2, 0.25) is 0 Å². The Bertz CT molecular complexity index is 2190. The molecule has 0 bridgehead atoms. The summed E-state index contributed by atoms with van der Waals surface area (Å²) in [6.45, 7) is 12.0. The molecule has 0 saturated carbocycles. The SMILES string of the molecule is CC1C=CC(N(C2=CC=CCC2)c2ccc3c(c2)C(C)(C)c2cc4c(cc2-3)C(C)(C)c2cc(N(c3ccccc3)c3ccccc3)ccc2-4)CC1. The minimum Gasteiger partial charge on any atom is -0.338 e. The maximum absolute atomic E-state index is 2.65. The summed E-state index contributed by atoms with van der Waals surface area (Å²) in [6, 6.07) is 41.4. The molecule has 0 spiro atoms. The Kier molecular flexibility index (Phi) is 7.51. The van der Waals surface area contributed by atoms with E-state index in [0.29, 0.717) is 12.0 Å². The molecule has 2 atom stereocenters. The van der Waals surface area contributed by atoms with Crippen molar-refractivity contribution in [1.29, 1.82) is 0 Å². The van der Waals surface area contributed by atoms with Gasteiger partial charge in [0.05, 0.1) is 6.04 Å². The fourth-order valence-electron chi connectivity index (χ4n) is 9.35. The number of fused-ring (bicyclic) bond motifs is 6. The maximum atomic E-state index is 2.65. The van der Waals surface area contributed by atoms with Crippen molar-refractivity contribution < 1.29 is 0 Å². The van der Waals surface area contributed by atoms with Gasteiger partial charge in [-0.2, -0.15) is 0 Å². The van der Waals surface area contributed by atoms with E-state index < -0.39 is 0 Å². The first kappa shape index (κ1) is 31.9. The number of rotatable bonds is 6. The third-order valence-corrected chi connectivity index (χ3v) is 12.2. The van der Waals surface area contributed by atoms with Crippen LogP contribution >= 0.6 is 0 Å². The fourth-order valence-corrected chi connectivity index (χ4v) is 9.35. The summed E-state index contributed by atoms with van der Waals surface area (Å²) in [6.07, 6.45) is 16.4. The highest BCUT2D eigenvalue weighted by Crippen LogP contribution is 2.57. The van der Waals surface area contributed by atoms with Gasteiger partial charge in [-0.25, -0.2) is 0 Å². The van der Waals surface area contributed by atoms with E-state index in [9.17, 15) is 0 Å². The molecule has 0 fully saturated rings. The lowest BCUT2D eigenvalue weighted by atomic mass is 9.79. The predicted octanol–water partition coefficient (Wildman–Crippen LogP) is 13.2. The van der Waals surface area contributed by atoms with Crippen LogP contribution in [0.5, 0.6) is 0 Å². The van der Waals surface area contributed by atoms with E-state index in [1.165, 1.54) is 74.4 Å². The van der Waals surface area contributed by atoms with E-state index in [4.69, 9.17) is 0 Å². The van der Waals surface area contributed by atoms with Crippen LogP contribution in [-0.4, -0.2) is 6.04 Å². The van der Waals surface area contributed by atoms with Gasteiger partial charge in [0, 0.05) is 39.3 Å². The highest BCUT2D eigenvalue weighted by atomic mass is 15.2. The quantitative estimate of drug-likeness (QED) is 0.167. The summed E-state index contributed by atoms with van der Waals surface area (Å²) in [7, 11) is 0. The molecule has 4 aliphatic carbocycles. The molecule has 51 heavy (non-hydrogen) atoms. The van der Waals surface area contributed by atoms with Gasteiger partial charge in [-0.1, -0.05) is 107 Å². The number of hydrogen-bond donors (Lipinski definition) is 0. The summed E-state index contributed by atoms with van der Waals surface area (Å²) >= 11 is 0. The Morgan fingerprint density at radius 1 is 0.549 bits per heavy atom. The van der Waals surface area contributed by atoms with E-state index >= 15 is 0 Å². The van der Waals surface area contributed by atoms with Gasteiger partial charge in [0.1, 0.15) is 0 Å². The van der Waals surface area contributed by atoms with Crippen molar-refractivity contribution in [2.24, 2.45) is 5.92 Å². The van der Waals surface area contributed by atoms with Crippen molar-refractivity contribution in [1.82, 2.24) is 0 Å². The zero-order valence-corrected chi connectivity index (χ0v) is 30.7. The second-order valence-corrected chi connectivity index (χ2v) is 16.2. The average molecular weight is 665 g/mol. The number of benzene rings is 5. The van der Waals surface area contributed by atoms with Crippen molar-refractivity contribution in [2.45, 2.75) is 77.2 Å². The highest BCUT2D eigenvalue weighted by Gasteiger charge is 2.42. The van der Waals surface area contributed by atoms with Crippen molar-refractivity contribution in [3.05, 3.63) is 168 Å². The largest absolute Gasteiger partial charge is 0.338 e. The molecule has 2 nitrogen and oxygen atoms in total. The van der Waals surface area contributed by atoms with E-state index in [-0.39, 0.29) is 10.8 Å². The van der Waals surface area contributed by atoms with Crippen LogP contribution in [0.1, 0.15) is 82.6 Å². The molecule has 0 aliphatic heterocycles. The minimum absolute atomic E-state index is 0.108. The Balaban J connectivity index is 1.12. The van der Waals surface area contributed by atoms with E-state index in [0.717, 1.165) is 24.2 Å². The number of anilines is 4. The van der Waals surface area contributed by atoms with E-state index in [1.807, 2.05) is 0 Å². The monoisotopic (exact) mass is 664 g/mol. The van der Waals surface area contributed by atoms with Gasteiger partial charge in [0.25, 0.3) is 0 Å². The molecule has 0 N–H and O–H groups in total. The molecule has 9 rings (SSSR count). The van der Waals surface area contributed by atoms with Crippen molar-refractivity contribution in [3.8, 4) is 22.3 Å². The molecule has 254 valence electrons. The molecule has 0 heterocycles. The molecule has 5 aromatic rings. The summed E-state index contributed by atoms with van der Waals surface area (Å²) in [5.74, 6) is 0.659. The fraction of sp³-hybridized carbons (Fsp3) is 0.265. The predicted molar refractivity (Wildman–Crippen MR) is 217 cm³/mol. The second-order valence-electron chi connectivity index (χ2n) is 16.2. The molecule has 5 aromatic carbocycles. The number of nitrogens with zero attached hydrogens (tertiary/aromatic N) is 2. The second kappa shape index (κ2) is 12.0. The zero-order chi connectivity index (χ0) is 34.9. The summed E-state index contributed by atoms with van der Waals surface area (Å²) < 4.78 is 0. The molecule has 0 radical (unpaired) electrons. The highest BCUT2D eigenvalue weighted by molar-refractivity contribution is 5.91. The zero-order valence-electron chi connectivity index (χ0n) is 30.7. The first-order valence-corrected chi connectivity index (χ1v) is 18.9. The van der Waals surface area contributed by atoms with Gasteiger partial charge in [0.15, 0.2) is 0 Å². The number of allylic oxidation sites excluding steroid dienone is 5. The summed E-state index contributed by atoms with van der Waals surface area (Å²) in [5, 5.41) is 0. The Labute approximate surface area is 304 Å². The van der Waals surface area contributed by atoms with Crippen LogP contribution in [0.4, 0.5) is 22.7 Å². The van der Waals surface area contributed by atoms with Crippen molar-refractivity contribution in [2.75, 3.05) is 9.80 Å². The van der Waals surface area contributed by atoms with Gasteiger partial charge >= 0.3 is 0 Å². The van der Waals surface area contributed by atoms with Crippen LogP contribution in [0.25, 0.3) is 22.3 Å². The Morgan fingerprint density at radius 2 is 1.10 bits per heavy atom. The molecule has 0 saturated heterocycles. The third kappa shape index (κ3) is 5.14.